The van der Waals surface area contributed by atoms with E-state index in [4.69, 9.17) is 10.6 Å². The lowest BCUT2D eigenvalue weighted by Gasteiger charge is -2.15. The van der Waals surface area contributed by atoms with Gasteiger partial charge in [0.15, 0.2) is 0 Å². The molecule has 3 N–H and O–H groups in total. The molecule has 0 spiro atoms. The van der Waals surface area contributed by atoms with Crippen molar-refractivity contribution in [3.63, 3.8) is 0 Å². The lowest BCUT2D eigenvalue weighted by Crippen LogP contribution is -2.31. The number of rotatable bonds is 4. The summed E-state index contributed by atoms with van der Waals surface area (Å²) in [5, 5.41) is 0. The van der Waals surface area contributed by atoms with Crippen LogP contribution in [0.25, 0.3) is 0 Å². The maximum absolute atomic E-state index is 13.1. The number of aromatic nitrogens is 1. The summed E-state index contributed by atoms with van der Waals surface area (Å²) in [5.74, 6) is 4.86. The predicted octanol–water partition coefficient (Wildman–Crippen LogP) is 0.372. The second kappa shape index (κ2) is 4.86. The van der Waals surface area contributed by atoms with E-state index >= 15 is 0 Å². The maximum Gasteiger partial charge on any atom is 0.146 e. The molecule has 13 heavy (non-hydrogen) atoms. The van der Waals surface area contributed by atoms with Crippen LogP contribution in [-0.2, 0) is 4.74 Å². The minimum atomic E-state index is -0.387. The van der Waals surface area contributed by atoms with Gasteiger partial charge in [-0.1, -0.05) is 0 Å². The van der Waals surface area contributed by atoms with Crippen molar-refractivity contribution >= 4 is 0 Å². The van der Waals surface area contributed by atoms with Crippen LogP contribution in [0.1, 0.15) is 11.6 Å². The van der Waals surface area contributed by atoms with Crippen molar-refractivity contribution in [1.82, 2.24) is 10.4 Å². The second-order valence-electron chi connectivity index (χ2n) is 2.57. The van der Waals surface area contributed by atoms with Gasteiger partial charge in [-0.05, 0) is 6.07 Å². The van der Waals surface area contributed by atoms with Crippen LogP contribution in [-0.4, -0.2) is 18.7 Å². The molecule has 1 aromatic rings. The second-order valence-corrected chi connectivity index (χ2v) is 2.57. The van der Waals surface area contributed by atoms with Gasteiger partial charge in [-0.15, -0.1) is 0 Å². The highest BCUT2D eigenvalue weighted by molar-refractivity contribution is 5.17. The quantitative estimate of drug-likeness (QED) is 0.525. The van der Waals surface area contributed by atoms with Crippen LogP contribution < -0.4 is 11.3 Å². The molecular weight excluding hydrogens is 173 g/mol. The molecular formula is C8H12FN3O. The van der Waals surface area contributed by atoms with Crippen molar-refractivity contribution in [3.05, 3.63) is 29.8 Å². The highest BCUT2D eigenvalue weighted by Crippen LogP contribution is 2.14. The molecule has 1 rings (SSSR count). The molecule has 1 atom stereocenters. The zero-order valence-electron chi connectivity index (χ0n) is 7.33. The summed E-state index contributed by atoms with van der Waals surface area (Å²) in [6.07, 6.45) is 2.66. The molecule has 0 radical (unpaired) electrons. The summed E-state index contributed by atoms with van der Waals surface area (Å²) in [7, 11) is 1.53. The van der Waals surface area contributed by atoms with Crippen LogP contribution >= 0.6 is 0 Å². The lowest BCUT2D eigenvalue weighted by atomic mass is 10.1. The average molecular weight is 185 g/mol. The Kier molecular flexibility index (Phi) is 3.75. The molecule has 0 amide bonds. The lowest BCUT2D eigenvalue weighted by molar-refractivity contribution is 0.165. The summed E-state index contributed by atoms with van der Waals surface area (Å²) < 4.78 is 18.0. The van der Waals surface area contributed by atoms with Crippen molar-refractivity contribution in [2.75, 3.05) is 13.7 Å². The normalized spacial score (nSPS) is 12.8. The van der Waals surface area contributed by atoms with Crippen molar-refractivity contribution in [2.45, 2.75) is 6.04 Å². The largest absolute Gasteiger partial charge is 0.383 e. The van der Waals surface area contributed by atoms with Gasteiger partial charge in [-0.25, -0.2) is 4.39 Å². The molecule has 1 unspecified atom stereocenters. The summed E-state index contributed by atoms with van der Waals surface area (Å²) in [4.78, 5) is 3.64. The van der Waals surface area contributed by atoms with E-state index in [0.29, 0.717) is 12.2 Å². The number of nitrogens with one attached hydrogen (secondary N) is 1. The van der Waals surface area contributed by atoms with Crippen molar-refractivity contribution < 1.29 is 9.13 Å². The Balaban J connectivity index is 2.84. The van der Waals surface area contributed by atoms with Gasteiger partial charge < -0.3 is 4.74 Å². The van der Waals surface area contributed by atoms with Crippen LogP contribution in [0.2, 0.25) is 0 Å². The van der Waals surface area contributed by atoms with Crippen molar-refractivity contribution in [2.24, 2.45) is 5.84 Å². The summed E-state index contributed by atoms with van der Waals surface area (Å²) in [6.45, 7) is 0.317. The van der Waals surface area contributed by atoms with E-state index in [1.54, 1.807) is 6.07 Å². The van der Waals surface area contributed by atoms with Gasteiger partial charge >= 0.3 is 0 Å². The molecule has 0 bridgehead atoms. The fourth-order valence-electron chi connectivity index (χ4n) is 1.06. The number of nitrogens with two attached hydrogens (primary N) is 1. The number of ether oxygens (including phenoxy) is 1. The van der Waals surface area contributed by atoms with Gasteiger partial charge in [0.05, 0.1) is 18.8 Å². The van der Waals surface area contributed by atoms with Crippen molar-refractivity contribution in [1.29, 1.82) is 0 Å². The average Bonchev–Trinajstić information content (AvgIpc) is 2.16. The number of hydrazine groups is 1. The Morgan fingerprint density at radius 2 is 2.54 bits per heavy atom. The van der Waals surface area contributed by atoms with Gasteiger partial charge in [0.25, 0.3) is 0 Å². The number of nitrogens with zero attached hydrogens (tertiary/aromatic N) is 1. The molecule has 72 valence electrons. The number of hydrogen-bond acceptors (Lipinski definition) is 4. The molecule has 4 nitrogen and oxygen atoms in total. The van der Waals surface area contributed by atoms with E-state index < -0.39 is 0 Å². The first-order valence-electron chi connectivity index (χ1n) is 3.84. The topological polar surface area (TPSA) is 60.2 Å². The van der Waals surface area contributed by atoms with Crippen LogP contribution in [0.15, 0.2) is 18.5 Å². The van der Waals surface area contributed by atoms with E-state index in [-0.39, 0.29) is 11.9 Å². The molecule has 5 heteroatoms. The Morgan fingerprint density at radius 3 is 3.08 bits per heavy atom. The van der Waals surface area contributed by atoms with Gasteiger partial charge in [0, 0.05) is 18.9 Å². The van der Waals surface area contributed by atoms with E-state index in [9.17, 15) is 4.39 Å². The standard InChI is InChI=1S/C8H12FN3O/c1-13-5-8(12-10)6-2-3-11-4-7(6)9/h2-4,8,12H,5,10H2,1H3. The van der Waals surface area contributed by atoms with Gasteiger partial charge in [-0.3, -0.25) is 16.3 Å². The SMILES string of the molecule is COCC(NN)c1ccncc1F. The summed E-state index contributed by atoms with van der Waals surface area (Å²) in [6, 6.07) is 1.23. The summed E-state index contributed by atoms with van der Waals surface area (Å²) >= 11 is 0. The molecule has 1 heterocycles. The van der Waals surface area contributed by atoms with Gasteiger partial charge in [0.2, 0.25) is 0 Å². The molecule has 0 fully saturated rings. The molecule has 0 aliphatic rings. The fraction of sp³-hybridized carbons (Fsp3) is 0.375. The Morgan fingerprint density at radius 1 is 1.77 bits per heavy atom. The number of pyridine rings is 1. The first-order valence-corrected chi connectivity index (χ1v) is 3.84. The molecule has 0 aromatic carbocycles. The molecule has 0 aliphatic carbocycles. The Bertz CT molecular complexity index is 269. The van der Waals surface area contributed by atoms with Crippen LogP contribution in [0.3, 0.4) is 0 Å². The molecule has 1 aromatic heterocycles. The zero-order valence-corrected chi connectivity index (χ0v) is 7.33. The van der Waals surface area contributed by atoms with E-state index in [1.165, 1.54) is 13.3 Å². The molecule has 0 aliphatic heterocycles. The minimum Gasteiger partial charge on any atom is -0.383 e. The van der Waals surface area contributed by atoms with Crippen LogP contribution in [0.5, 0.6) is 0 Å². The maximum atomic E-state index is 13.1. The number of halogens is 1. The summed E-state index contributed by atoms with van der Waals surface area (Å²) in [5.41, 5.74) is 2.93. The smallest absolute Gasteiger partial charge is 0.146 e. The van der Waals surface area contributed by atoms with Crippen molar-refractivity contribution in [3.8, 4) is 0 Å². The third kappa shape index (κ3) is 2.45. The third-order valence-corrected chi connectivity index (χ3v) is 1.71. The number of hydrogen-bond donors (Lipinski definition) is 2. The highest BCUT2D eigenvalue weighted by atomic mass is 19.1. The van der Waals surface area contributed by atoms with E-state index in [1.807, 2.05) is 0 Å². The van der Waals surface area contributed by atoms with E-state index in [2.05, 4.69) is 10.4 Å². The third-order valence-electron chi connectivity index (χ3n) is 1.71. The Labute approximate surface area is 75.9 Å². The molecule has 0 saturated carbocycles. The van der Waals surface area contributed by atoms with Gasteiger partial charge in [-0.2, -0.15) is 0 Å². The zero-order chi connectivity index (χ0) is 9.68. The van der Waals surface area contributed by atoms with Crippen LogP contribution in [0.4, 0.5) is 4.39 Å². The first kappa shape index (κ1) is 10.0. The fourth-order valence-corrected chi connectivity index (χ4v) is 1.06. The molecule has 0 saturated heterocycles. The van der Waals surface area contributed by atoms with E-state index in [0.717, 1.165) is 6.20 Å². The van der Waals surface area contributed by atoms with Gasteiger partial charge in [0.1, 0.15) is 5.82 Å². The number of methoxy groups -OCH3 is 1. The first-order chi connectivity index (χ1) is 6.29. The monoisotopic (exact) mass is 185 g/mol. The Hall–Kier alpha value is -1.04. The van der Waals surface area contributed by atoms with Crippen LogP contribution in [0, 0.1) is 5.82 Å². The predicted molar refractivity (Wildman–Crippen MR) is 46.1 cm³/mol. The highest BCUT2D eigenvalue weighted by Gasteiger charge is 2.13. The minimum absolute atomic E-state index is 0.317.